The van der Waals surface area contributed by atoms with Gasteiger partial charge in [-0.15, -0.1) is 0 Å². The van der Waals surface area contributed by atoms with Crippen molar-refractivity contribution in [3.63, 3.8) is 0 Å². The molecular formula is C12H13N3O3. The molecule has 0 amide bonds. The molecule has 1 aromatic heterocycles. The maximum Gasteiger partial charge on any atom is 0.330 e. The van der Waals surface area contributed by atoms with Gasteiger partial charge in [0.1, 0.15) is 6.04 Å². The highest BCUT2D eigenvalue weighted by molar-refractivity contribution is 5.92. The molecule has 2 N–H and O–H groups in total. The maximum absolute atomic E-state index is 11.4. The molecule has 18 heavy (non-hydrogen) atoms. The van der Waals surface area contributed by atoms with Gasteiger partial charge in [0, 0.05) is 5.39 Å². The predicted octanol–water partition coefficient (Wildman–Crippen LogP) is 0.576. The number of nitrogens with zero attached hydrogens (tertiary/aromatic N) is 2. The molecule has 0 radical (unpaired) electrons. The summed E-state index contributed by atoms with van der Waals surface area (Å²) in [6.45, 7) is -0.358. The molecule has 94 valence electrons. The van der Waals surface area contributed by atoms with Gasteiger partial charge in [0.2, 0.25) is 0 Å². The van der Waals surface area contributed by atoms with E-state index < -0.39 is 12.0 Å². The van der Waals surface area contributed by atoms with E-state index in [-0.39, 0.29) is 6.61 Å². The average molecular weight is 247 g/mol. The van der Waals surface area contributed by atoms with Crippen LogP contribution in [0.5, 0.6) is 0 Å². The fourth-order valence-electron chi connectivity index (χ4n) is 1.63. The number of carbonyl (C=O) groups is 1. The van der Waals surface area contributed by atoms with Crippen molar-refractivity contribution in [3.8, 4) is 0 Å². The van der Waals surface area contributed by atoms with Crippen LogP contribution in [-0.4, -0.2) is 41.0 Å². The molecule has 0 aliphatic heterocycles. The molecule has 1 aromatic carbocycles. The molecule has 6 heteroatoms. The summed E-state index contributed by atoms with van der Waals surface area (Å²) in [5.41, 5.74) is 1.34. The highest BCUT2D eigenvalue weighted by Gasteiger charge is 2.18. The zero-order chi connectivity index (χ0) is 13.0. The van der Waals surface area contributed by atoms with Gasteiger partial charge in [0.15, 0.2) is 0 Å². The molecule has 1 unspecified atom stereocenters. The first kappa shape index (κ1) is 12.3. The number of aliphatic hydroxyl groups excluding tert-OH is 1. The Morgan fingerprint density at radius 2 is 2.28 bits per heavy atom. The quantitative estimate of drug-likeness (QED) is 0.769. The van der Waals surface area contributed by atoms with E-state index in [4.69, 9.17) is 5.11 Å². The summed E-state index contributed by atoms with van der Waals surface area (Å²) in [4.78, 5) is 11.4. The lowest BCUT2D eigenvalue weighted by atomic mass is 10.2. The van der Waals surface area contributed by atoms with Crippen LogP contribution in [0.25, 0.3) is 10.9 Å². The van der Waals surface area contributed by atoms with Crippen LogP contribution in [0.4, 0.5) is 5.69 Å². The van der Waals surface area contributed by atoms with Gasteiger partial charge in [-0.1, -0.05) is 18.2 Å². The van der Waals surface area contributed by atoms with E-state index in [9.17, 15) is 4.79 Å². The second kappa shape index (κ2) is 5.42. The summed E-state index contributed by atoms with van der Waals surface area (Å²) in [5.74, 6) is -0.529. The van der Waals surface area contributed by atoms with E-state index in [0.29, 0.717) is 11.2 Å². The minimum Gasteiger partial charge on any atom is -0.467 e. The summed E-state index contributed by atoms with van der Waals surface area (Å²) >= 11 is 0. The third-order valence-electron chi connectivity index (χ3n) is 2.54. The number of anilines is 1. The zero-order valence-electron chi connectivity index (χ0n) is 9.83. The van der Waals surface area contributed by atoms with Gasteiger partial charge < -0.3 is 15.2 Å². The largest absolute Gasteiger partial charge is 0.467 e. The summed E-state index contributed by atoms with van der Waals surface area (Å²) < 4.78 is 4.59. The number of rotatable bonds is 4. The number of ether oxygens (including phenoxy) is 1. The number of nitrogens with one attached hydrogen (secondary N) is 1. The SMILES string of the molecule is COC(=O)C(CO)Nc1cnnc2ccccc12. The molecule has 1 heterocycles. The number of fused-ring (bicyclic) bond motifs is 1. The third-order valence-corrected chi connectivity index (χ3v) is 2.54. The van der Waals surface area contributed by atoms with Gasteiger partial charge in [-0.3, -0.25) is 0 Å². The van der Waals surface area contributed by atoms with Crippen molar-refractivity contribution in [1.29, 1.82) is 0 Å². The van der Waals surface area contributed by atoms with Crippen molar-refractivity contribution in [2.75, 3.05) is 19.0 Å². The molecule has 6 nitrogen and oxygen atoms in total. The first-order chi connectivity index (χ1) is 8.76. The van der Waals surface area contributed by atoms with Gasteiger partial charge in [-0.05, 0) is 6.07 Å². The smallest absolute Gasteiger partial charge is 0.330 e. The monoisotopic (exact) mass is 247 g/mol. The molecule has 0 spiro atoms. The molecule has 0 saturated carbocycles. The Balaban J connectivity index is 2.33. The number of esters is 1. The number of methoxy groups -OCH3 is 1. The van der Waals surface area contributed by atoms with Crippen molar-refractivity contribution in [1.82, 2.24) is 10.2 Å². The van der Waals surface area contributed by atoms with Crippen LogP contribution in [0.3, 0.4) is 0 Å². The van der Waals surface area contributed by atoms with E-state index >= 15 is 0 Å². The Morgan fingerprint density at radius 3 is 3.00 bits per heavy atom. The van der Waals surface area contributed by atoms with Crippen LogP contribution in [-0.2, 0) is 9.53 Å². The fourth-order valence-corrected chi connectivity index (χ4v) is 1.63. The zero-order valence-corrected chi connectivity index (χ0v) is 9.83. The van der Waals surface area contributed by atoms with Crippen LogP contribution in [0.1, 0.15) is 0 Å². The van der Waals surface area contributed by atoms with Gasteiger partial charge in [-0.2, -0.15) is 10.2 Å². The van der Waals surface area contributed by atoms with Crippen molar-refractivity contribution in [2.45, 2.75) is 6.04 Å². The number of benzene rings is 1. The average Bonchev–Trinajstić information content (AvgIpc) is 2.44. The molecule has 0 fully saturated rings. The Bertz CT molecular complexity index is 554. The molecule has 0 saturated heterocycles. The van der Waals surface area contributed by atoms with Crippen LogP contribution in [0, 0.1) is 0 Å². The Labute approximate surface area is 104 Å². The summed E-state index contributed by atoms with van der Waals surface area (Å²) in [7, 11) is 1.27. The van der Waals surface area contributed by atoms with E-state index in [0.717, 1.165) is 5.39 Å². The van der Waals surface area contributed by atoms with Gasteiger partial charge in [0.05, 0.1) is 31.1 Å². The van der Waals surface area contributed by atoms with Crippen molar-refractivity contribution < 1.29 is 14.6 Å². The van der Waals surface area contributed by atoms with Crippen LogP contribution < -0.4 is 5.32 Å². The lowest BCUT2D eigenvalue weighted by molar-refractivity contribution is -0.142. The topological polar surface area (TPSA) is 84.3 Å². The van der Waals surface area contributed by atoms with Crippen molar-refractivity contribution in [2.24, 2.45) is 0 Å². The number of aliphatic hydroxyl groups is 1. The lowest BCUT2D eigenvalue weighted by Gasteiger charge is -2.15. The number of carbonyl (C=O) groups excluding carboxylic acids is 1. The first-order valence-corrected chi connectivity index (χ1v) is 5.42. The number of hydrogen-bond acceptors (Lipinski definition) is 6. The third kappa shape index (κ3) is 2.38. The summed E-state index contributed by atoms with van der Waals surface area (Å²) in [5, 5.41) is 20.7. The first-order valence-electron chi connectivity index (χ1n) is 5.42. The Hall–Kier alpha value is -2.21. The molecule has 0 aliphatic rings. The fraction of sp³-hybridized carbons (Fsp3) is 0.250. The second-order valence-corrected chi connectivity index (χ2v) is 3.68. The lowest BCUT2D eigenvalue weighted by Crippen LogP contribution is -2.34. The predicted molar refractivity (Wildman–Crippen MR) is 66.1 cm³/mol. The van der Waals surface area contributed by atoms with Crippen LogP contribution in [0.15, 0.2) is 30.5 Å². The van der Waals surface area contributed by atoms with Crippen LogP contribution >= 0.6 is 0 Å². The van der Waals surface area contributed by atoms with E-state index in [1.165, 1.54) is 13.3 Å². The molecule has 0 aliphatic carbocycles. The Kier molecular flexibility index (Phi) is 3.69. The highest BCUT2D eigenvalue weighted by Crippen LogP contribution is 2.20. The molecular weight excluding hydrogens is 234 g/mol. The minimum absolute atomic E-state index is 0.358. The summed E-state index contributed by atoms with van der Waals surface area (Å²) in [6, 6.07) is 6.58. The highest BCUT2D eigenvalue weighted by atomic mass is 16.5. The van der Waals surface area contributed by atoms with Crippen LogP contribution in [0.2, 0.25) is 0 Å². The van der Waals surface area contributed by atoms with Gasteiger partial charge >= 0.3 is 5.97 Å². The van der Waals surface area contributed by atoms with E-state index in [1.807, 2.05) is 24.3 Å². The van der Waals surface area contributed by atoms with Crippen molar-refractivity contribution >= 4 is 22.6 Å². The normalized spacial score (nSPS) is 12.1. The second-order valence-electron chi connectivity index (χ2n) is 3.68. The Morgan fingerprint density at radius 1 is 1.50 bits per heavy atom. The molecule has 0 bridgehead atoms. The standard InChI is InChI=1S/C12H13N3O3/c1-18-12(17)11(7-16)14-10-6-13-15-9-5-3-2-4-8(9)10/h2-6,11,16H,7H2,1H3,(H,14,15). The van der Waals surface area contributed by atoms with Crippen molar-refractivity contribution in [3.05, 3.63) is 30.5 Å². The maximum atomic E-state index is 11.4. The van der Waals surface area contributed by atoms with Gasteiger partial charge in [0.25, 0.3) is 0 Å². The van der Waals surface area contributed by atoms with Gasteiger partial charge in [-0.25, -0.2) is 4.79 Å². The van der Waals surface area contributed by atoms with E-state index in [2.05, 4.69) is 20.3 Å². The van der Waals surface area contributed by atoms with E-state index in [1.54, 1.807) is 0 Å². The molecule has 2 rings (SSSR count). The number of hydrogen-bond donors (Lipinski definition) is 2. The summed E-state index contributed by atoms with van der Waals surface area (Å²) in [6.07, 6.45) is 1.51. The minimum atomic E-state index is -0.817. The molecule has 2 aromatic rings. The molecule has 1 atom stereocenters. The number of aromatic nitrogens is 2.